The van der Waals surface area contributed by atoms with Crippen LogP contribution < -0.4 is 15.4 Å². The smallest absolute Gasteiger partial charge is 0.308 e. The lowest BCUT2D eigenvalue weighted by atomic mass is 10.1. The van der Waals surface area contributed by atoms with Crippen LogP contribution in [0.15, 0.2) is 84.6 Å². The quantitative estimate of drug-likeness (QED) is 0.357. The van der Waals surface area contributed by atoms with Gasteiger partial charge in [0.05, 0.1) is 0 Å². The molecule has 0 fully saturated rings. The minimum atomic E-state index is -0.461. The molecule has 2 N–H and O–H groups in total. The molecule has 0 saturated heterocycles. The van der Waals surface area contributed by atoms with Crippen molar-refractivity contribution in [1.82, 2.24) is 5.32 Å². The van der Waals surface area contributed by atoms with Crippen LogP contribution in [-0.4, -0.2) is 17.8 Å². The molecule has 0 spiro atoms. The summed E-state index contributed by atoms with van der Waals surface area (Å²) in [5.41, 5.74) is 2.84. The normalized spacial score (nSPS) is 10.8. The van der Waals surface area contributed by atoms with Gasteiger partial charge in [0.25, 0.3) is 11.8 Å². The largest absolute Gasteiger partial charge is 0.427 e. The second-order valence-electron chi connectivity index (χ2n) is 6.86. The maximum Gasteiger partial charge on any atom is 0.308 e. The lowest BCUT2D eigenvalue weighted by molar-refractivity contribution is -0.131. The van der Waals surface area contributed by atoms with Crippen molar-refractivity contribution in [2.45, 2.75) is 13.8 Å². The second kappa shape index (κ2) is 10.0. The molecule has 0 saturated carbocycles. The molecule has 0 aliphatic heterocycles. The molecular formula is C25H22N2O4. The number of benzene rings is 3. The van der Waals surface area contributed by atoms with Crippen molar-refractivity contribution < 1.29 is 19.1 Å². The van der Waals surface area contributed by atoms with Crippen LogP contribution in [0.1, 0.15) is 28.4 Å². The van der Waals surface area contributed by atoms with Gasteiger partial charge in [0.1, 0.15) is 11.4 Å². The second-order valence-corrected chi connectivity index (χ2v) is 6.86. The third kappa shape index (κ3) is 6.40. The van der Waals surface area contributed by atoms with E-state index in [1.165, 1.54) is 6.92 Å². The summed E-state index contributed by atoms with van der Waals surface area (Å²) in [4.78, 5) is 36.6. The molecule has 3 aromatic rings. The predicted molar refractivity (Wildman–Crippen MR) is 119 cm³/mol. The first-order chi connectivity index (χ1) is 14.9. The summed E-state index contributed by atoms with van der Waals surface area (Å²) >= 11 is 0. The number of hydrogen-bond donors (Lipinski definition) is 2. The van der Waals surface area contributed by atoms with Crippen molar-refractivity contribution in [3.05, 3.63) is 101 Å². The first kappa shape index (κ1) is 21.5. The highest BCUT2D eigenvalue weighted by molar-refractivity contribution is 6.10. The average molecular weight is 414 g/mol. The molecular weight excluding hydrogens is 392 g/mol. The van der Waals surface area contributed by atoms with E-state index in [1.54, 1.807) is 66.7 Å². The Hall–Kier alpha value is -4.19. The Bertz CT molecular complexity index is 1100. The lowest BCUT2D eigenvalue weighted by Gasteiger charge is -2.12. The number of rotatable bonds is 6. The Morgan fingerprint density at radius 3 is 2.10 bits per heavy atom. The SMILES string of the molecule is CC(=O)Oc1ccc(/C=C(/NC(=O)c2ccccc2)C(=O)Nc2ccc(C)cc2)cc1. The fraction of sp³-hybridized carbons (Fsp3) is 0.0800. The summed E-state index contributed by atoms with van der Waals surface area (Å²) in [6.45, 7) is 3.27. The van der Waals surface area contributed by atoms with Crippen LogP contribution in [0.25, 0.3) is 6.08 Å². The molecule has 0 aromatic heterocycles. The van der Waals surface area contributed by atoms with Gasteiger partial charge in [0.2, 0.25) is 0 Å². The molecule has 31 heavy (non-hydrogen) atoms. The number of hydrogen-bond acceptors (Lipinski definition) is 4. The Morgan fingerprint density at radius 1 is 0.839 bits per heavy atom. The van der Waals surface area contributed by atoms with Crippen molar-refractivity contribution in [2.75, 3.05) is 5.32 Å². The van der Waals surface area contributed by atoms with Crippen molar-refractivity contribution >= 4 is 29.5 Å². The maximum atomic E-state index is 12.9. The van der Waals surface area contributed by atoms with Gasteiger partial charge in [-0.1, -0.05) is 48.0 Å². The summed E-state index contributed by atoms with van der Waals surface area (Å²) in [6, 6.07) is 22.6. The number of esters is 1. The van der Waals surface area contributed by atoms with Crippen LogP contribution in [0, 0.1) is 6.92 Å². The van der Waals surface area contributed by atoms with Crippen molar-refractivity contribution in [1.29, 1.82) is 0 Å². The molecule has 6 heteroatoms. The third-order valence-corrected chi connectivity index (χ3v) is 4.29. The fourth-order valence-corrected chi connectivity index (χ4v) is 2.74. The zero-order chi connectivity index (χ0) is 22.2. The summed E-state index contributed by atoms with van der Waals surface area (Å²) < 4.78 is 5.02. The topological polar surface area (TPSA) is 84.5 Å². The molecule has 0 atom stereocenters. The molecule has 0 bridgehead atoms. The van der Waals surface area contributed by atoms with Crippen LogP contribution >= 0.6 is 0 Å². The number of carbonyl (C=O) groups is 3. The number of anilines is 1. The van der Waals surface area contributed by atoms with Gasteiger partial charge < -0.3 is 15.4 Å². The molecule has 0 unspecified atom stereocenters. The molecule has 3 rings (SSSR count). The van der Waals surface area contributed by atoms with E-state index in [4.69, 9.17) is 4.74 Å². The monoisotopic (exact) mass is 414 g/mol. The average Bonchev–Trinajstić information content (AvgIpc) is 2.76. The van der Waals surface area contributed by atoms with Gasteiger partial charge in [-0.25, -0.2) is 0 Å². The van der Waals surface area contributed by atoms with Crippen LogP contribution in [0.4, 0.5) is 5.69 Å². The molecule has 6 nitrogen and oxygen atoms in total. The van der Waals surface area contributed by atoms with E-state index >= 15 is 0 Å². The molecule has 0 aliphatic carbocycles. The van der Waals surface area contributed by atoms with Crippen LogP contribution in [-0.2, 0) is 9.59 Å². The predicted octanol–water partition coefficient (Wildman–Crippen LogP) is 4.33. The Balaban J connectivity index is 1.86. The number of amides is 2. The van der Waals surface area contributed by atoms with Crippen LogP contribution in [0.3, 0.4) is 0 Å². The molecule has 0 radical (unpaired) electrons. The van der Waals surface area contributed by atoms with Gasteiger partial charge in [0, 0.05) is 18.2 Å². The minimum Gasteiger partial charge on any atom is -0.427 e. The van der Waals surface area contributed by atoms with Gasteiger partial charge in [-0.2, -0.15) is 0 Å². The van der Waals surface area contributed by atoms with E-state index in [0.717, 1.165) is 5.56 Å². The summed E-state index contributed by atoms with van der Waals surface area (Å²) in [6.07, 6.45) is 1.56. The Kier molecular flexibility index (Phi) is 6.96. The molecule has 3 aromatic carbocycles. The van der Waals surface area contributed by atoms with E-state index in [2.05, 4.69) is 10.6 Å². The maximum absolute atomic E-state index is 12.9. The fourth-order valence-electron chi connectivity index (χ4n) is 2.74. The highest BCUT2D eigenvalue weighted by atomic mass is 16.5. The number of ether oxygens (including phenoxy) is 1. The summed E-state index contributed by atoms with van der Waals surface area (Å²) in [5, 5.41) is 5.48. The Morgan fingerprint density at radius 2 is 1.48 bits per heavy atom. The molecule has 0 aliphatic rings. The van der Waals surface area contributed by atoms with E-state index in [-0.39, 0.29) is 5.70 Å². The third-order valence-electron chi connectivity index (χ3n) is 4.29. The highest BCUT2D eigenvalue weighted by Crippen LogP contribution is 2.16. The van der Waals surface area contributed by atoms with E-state index in [1.807, 2.05) is 25.1 Å². The van der Waals surface area contributed by atoms with Gasteiger partial charge in [-0.15, -0.1) is 0 Å². The van der Waals surface area contributed by atoms with Crippen molar-refractivity contribution in [2.24, 2.45) is 0 Å². The lowest BCUT2D eigenvalue weighted by Crippen LogP contribution is -2.30. The number of nitrogens with one attached hydrogen (secondary N) is 2. The van der Waals surface area contributed by atoms with Crippen LogP contribution in [0.5, 0.6) is 5.75 Å². The van der Waals surface area contributed by atoms with Gasteiger partial charge >= 0.3 is 5.97 Å². The summed E-state index contributed by atoms with van der Waals surface area (Å²) in [5.74, 6) is -0.889. The van der Waals surface area contributed by atoms with Gasteiger partial charge in [-0.05, 0) is 55.0 Å². The number of carbonyl (C=O) groups excluding carboxylic acids is 3. The van der Waals surface area contributed by atoms with E-state index < -0.39 is 17.8 Å². The zero-order valence-electron chi connectivity index (χ0n) is 17.2. The first-order valence-corrected chi connectivity index (χ1v) is 9.65. The standard InChI is InChI=1S/C25H22N2O4/c1-17-8-12-21(13-9-17)26-25(30)23(27-24(29)20-6-4-3-5-7-20)16-19-10-14-22(15-11-19)31-18(2)28/h3-16H,1-2H3,(H,26,30)(H,27,29)/b23-16+. The first-order valence-electron chi connectivity index (χ1n) is 9.65. The van der Waals surface area contributed by atoms with E-state index in [0.29, 0.717) is 22.6 Å². The summed E-state index contributed by atoms with van der Waals surface area (Å²) in [7, 11) is 0. The van der Waals surface area contributed by atoms with E-state index in [9.17, 15) is 14.4 Å². The van der Waals surface area contributed by atoms with Crippen molar-refractivity contribution in [3.63, 3.8) is 0 Å². The van der Waals surface area contributed by atoms with Crippen LogP contribution in [0.2, 0.25) is 0 Å². The number of aryl methyl sites for hydroxylation is 1. The van der Waals surface area contributed by atoms with Gasteiger partial charge in [0.15, 0.2) is 0 Å². The Labute approximate surface area is 180 Å². The zero-order valence-corrected chi connectivity index (χ0v) is 17.2. The van der Waals surface area contributed by atoms with Gasteiger partial charge in [-0.3, -0.25) is 14.4 Å². The highest BCUT2D eigenvalue weighted by Gasteiger charge is 2.15. The van der Waals surface area contributed by atoms with Crippen molar-refractivity contribution in [3.8, 4) is 5.75 Å². The molecule has 0 heterocycles. The molecule has 2 amide bonds. The minimum absolute atomic E-state index is 0.0784. The molecule has 156 valence electrons.